The lowest BCUT2D eigenvalue weighted by Crippen LogP contribution is -2.38. The van der Waals surface area contributed by atoms with E-state index in [-0.39, 0.29) is 36.1 Å². The van der Waals surface area contributed by atoms with Crippen LogP contribution in [0.15, 0.2) is 114 Å². The van der Waals surface area contributed by atoms with Crippen molar-refractivity contribution in [2.75, 3.05) is 29.9 Å². The van der Waals surface area contributed by atoms with Gasteiger partial charge in [0.15, 0.2) is 0 Å². The largest absolute Gasteiger partial charge is 0.462 e. The molecule has 4 aromatic carbocycles. The predicted molar refractivity (Wildman–Crippen MR) is 188 cm³/mol. The number of anilines is 2. The van der Waals surface area contributed by atoms with E-state index in [1.54, 1.807) is 23.9 Å². The number of esters is 1. The minimum absolute atomic E-state index is 0.0877. The van der Waals surface area contributed by atoms with Gasteiger partial charge in [0.25, 0.3) is 0 Å². The molecule has 1 aromatic heterocycles. The van der Waals surface area contributed by atoms with Crippen LogP contribution >= 0.6 is 0 Å². The number of amides is 1. The summed E-state index contributed by atoms with van der Waals surface area (Å²) < 4.78 is 8.29. The summed E-state index contributed by atoms with van der Waals surface area (Å²) in [5, 5.41) is 7.49. The Bertz CT molecular complexity index is 1910. The molecule has 2 unspecified atom stereocenters. The number of hydrogen-bond donors (Lipinski definition) is 1. The molecule has 1 aliphatic heterocycles. The van der Waals surface area contributed by atoms with E-state index in [1.807, 2.05) is 111 Å². The highest BCUT2D eigenvalue weighted by molar-refractivity contribution is 5.98. The van der Waals surface area contributed by atoms with Crippen molar-refractivity contribution in [3.63, 3.8) is 0 Å². The van der Waals surface area contributed by atoms with Gasteiger partial charge in [0, 0.05) is 24.5 Å². The average molecular weight is 644 g/mol. The van der Waals surface area contributed by atoms with E-state index in [1.165, 1.54) is 4.68 Å². The smallest absolute Gasteiger partial charge is 0.350 e. The number of rotatable bonds is 10. The zero-order valence-electron chi connectivity index (χ0n) is 27.6. The molecule has 0 radical (unpaired) electrons. The number of carbonyl (C=O) groups is 2. The normalized spacial score (nSPS) is 14.7. The number of ether oxygens (including phenoxy) is 1. The fraction of sp³-hybridized carbons (Fsp3) is 0.282. The maximum absolute atomic E-state index is 13.9. The van der Waals surface area contributed by atoms with Crippen LogP contribution in [0.4, 0.5) is 11.4 Å². The number of aryl methyl sites for hydroxylation is 1. The third kappa shape index (κ3) is 6.95. The quantitative estimate of drug-likeness (QED) is 0.169. The second-order valence-corrected chi connectivity index (χ2v) is 12.3. The molecule has 1 amide bonds. The molecule has 0 spiro atoms. The number of hydrogen-bond acceptors (Lipinski definition) is 6. The molecule has 246 valence electrons. The monoisotopic (exact) mass is 643 g/mol. The number of carbonyl (C=O) groups excluding carboxylic acids is 2. The number of benzene rings is 4. The van der Waals surface area contributed by atoms with Gasteiger partial charge in [-0.2, -0.15) is 5.10 Å². The Labute approximate surface area is 280 Å². The Balaban J connectivity index is 1.14. The molecule has 48 heavy (non-hydrogen) atoms. The van der Waals surface area contributed by atoms with Crippen molar-refractivity contribution in [1.29, 1.82) is 0 Å². The molecule has 6 rings (SSSR count). The Morgan fingerprint density at radius 1 is 0.875 bits per heavy atom. The molecule has 0 saturated carbocycles. The lowest BCUT2D eigenvalue weighted by molar-refractivity contribution is -0.119. The van der Waals surface area contributed by atoms with Crippen LogP contribution in [0, 0.1) is 12.8 Å². The molecule has 1 N–H and O–H groups in total. The molecule has 0 aliphatic carbocycles. The molecular weight excluding hydrogens is 602 g/mol. The first kappa shape index (κ1) is 32.5. The zero-order valence-corrected chi connectivity index (χ0v) is 27.6. The zero-order chi connectivity index (χ0) is 33.6. The summed E-state index contributed by atoms with van der Waals surface area (Å²) in [5.41, 5.74) is 5.46. The topological polar surface area (TPSA) is 98.5 Å². The van der Waals surface area contributed by atoms with E-state index in [2.05, 4.69) is 15.3 Å². The lowest BCUT2D eigenvalue weighted by Gasteiger charge is -2.37. The van der Waals surface area contributed by atoms with E-state index >= 15 is 0 Å². The van der Waals surface area contributed by atoms with E-state index in [9.17, 15) is 14.4 Å². The lowest BCUT2D eigenvalue weighted by atomic mass is 9.79. The summed E-state index contributed by atoms with van der Waals surface area (Å²) >= 11 is 0. The third-order valence-corrected chi connectivity index (χ3v) is 9.29. The number of piperidine rings is 1. The van der Waals surface area contributed by atoms with Crippen LogP contribution < -0.4 is 15.9 Å². The Morgan fingerprint density at radius 2 is 1.50 bits per heavy atom. The average Bonchev–Trinajstić information content (AvgIpc) is 3.51. The number of nitrogens with zero attached hydrogens (tertiary/aromatic N) is 4. The third-order valence-electron chi connectivity index (χ3n) is 9.29. The van der Waals surface area contributed by atoms with Gasteiger partial charge < -0.3 is 15.0 Å². The molecule has 5 aromatic rings. The second-order valence-electron chi connectivity index (χ2n) is 12.3. The maximum atomic E-state index is 13.9. The van der Waals surface area contributed by atoms with Gasteiger partial charge in [-0.3, -0.25) is 4.79 Å². The molecule has 2 atom stereocenters. The van der Waals surface area contributed by atoms with Gasteiger partial charge in [0.05, 0.1) is 29.8 Å². The van der Waals surface area contributed by atoms with Gasteiger partial charge in [0.1, 0.15) is 6.33 Å². The molecule has 9 heteroatoms. The summed E-state index contributed by atoms with van der Waals surface area (Å²) in [4.78, 5) is 42.0. The summed E-state index contributed by atoms with van der Waals surface area (Å²) in [7, 11) is 0. The van der Waals surface area contributed by atoms with Gasteiger partial charge in [0.2, 0.25) is 5.91 Å². The van der Waals surface area contributed by atoms with Crippen molar-refractivity contribution in [3.8, 4) is 5.69 Å². The minimum Gasteiger partial charge on any atom is -0.462 e. The standard InChI is InChI=1S/C39H41N5O4/c1-4-48-38(46)35-25-32(16-15-27(35)2)41-37(45)36(30-13-9-6-10-14-30)31-21-23-42(24-22-31)33-17-19-34(20-18-33)43-26-40-44(39(43)47)28(3)29-11-7-5-8-12-29/h5-20,25-26,28,31,36H,4,21-24H2,1-3H3,(H,41,45). The fourth-order valence-corrected chi connectivity index (χ4v) is 6.59. The minimum atomic E-state index is -0.397. The fourth-order valence-electron chi connectivity index (χ4n) is 6.59. The summed E-state index contributed by atoms with van der Waals surface area (Å²) in [6.45, 7) is 7.48. The highest BCUT2D eigenvalue weighted by Gasteiger charge is 2.33. The molecule has 0 bridgehead atoms. The van der Waals surface area contributed by atoms with Crippen molar-refractivity contribution in [3.05, 3.63) is 142 Å². The van der Waals surface area contributed by atoms with E-state index in [0.29, 0.717) is 11.3 Å². The molecule has 9 nitrogen and oxygen atoms in total. The van der Waals surface area contributed by atoms with Crippen LogP contribution in [0.3, 0.4) is 0 Å². The van der Waals surface area contributed by atoms with Crippen LogP contribution in [0.1, 0.15) is 65.7 Å². The molecule has 1 aliphatic rings. The maximum Gasteiger partial charge on any atom is 0.350 e. The molecule has 1 saturated heterocycles. The van der Waals surface area contributed by atoms with Crippen LogP contribution in [0.2, 0.25) is 0 Å². The second kappa shape index (κ2) is 14.5. The SMILES string of the molecule is CCOC(=O)c1cc(NC(=O)C(c2ccccc2)C2CCN(c3ccc(-n4cnn(C(C)c5ccccc5)c4=O)cc3)CC2)ccc1C. The number of aromatic nitrogens is 3. The first-order chi connectivity index (χ1) is 23.3. The van der Waals surface area contributed by atoms with Crippen molar-refractivity contribution >= 4 is 23.3 Å². The van der Waals surface area contributed by atoms with Gasteiger partial charge in [-0.1, -0.05) is 66.7 Å². The predicted octanol–water partition coefficient (Wildman–Crippen LogP) is 6.77. The summed E-state index contributed by atoms with van der Waals surface area (Å²) in [6.07, 6.45) is 3.24. The van der Waals surface area contributed by atoms with Crippen molar-refractivity contribution in [2.24, 2.45) is 5.92 Å². The Hall–Kier alpha value is -5.44. The molecular formula is C39H41N5O4. The molecule has 2 heterocycles. The highest BCUT2D eigenvalue weighted by Crippen LogP contribution is 2.35. The highest BCUT2D eigenvalue weighted by atomic mass is 16.5. The van der Waals surface area contributed by atoms with Crippen molar-refractivity contribution < 1.29 is 14.3 Å². The first-order valence-electron chi connectivity index (χ1n) is 16.5. The van der Waals surface area contributed by atoms with Crippen LogP contribution in [0.25, 0.3) is 5.69 Å². The van der Waals surface area contributed by atoms with E-state index in [4.69, 9.17) is 4.74 Å². The van der Waals surface area contributed by atoms with Crippen molar-refractivity contribution in [1.82, 2.24) is 14.3 Å². The van der Waals surface area contributed by atoms with Crippen LogP contribution in [-0.2, 0) is 9.53 Å². The van der Waals surface area contributed by atoms with Gasteiger partial charge in [-0.25, -0.2) is 18.8 Å². The Kier molecular flexibility index (Phi) is 9.85. The molecule has 1 fully saturated rings. The Morgan fingerprint density at radius 3 is 2.15 bits per heavy atom. The number of nitrogens with one attached hydrogen (secondary N) is 1. The van der Waals surface area contributed by atoms with Crippen LogP contribution in [0.5, 0.6) is 0 Å². The first-order valence-corrected chi connectivity index (χ1v) is 16.5. The van der Waals surface area contributed by atoms with Gasteiger partial charge >= 0.3 is 11.7 Å². The van der Waals surface area contributed by atoms with Crippen LogP contribution in [-0.4, -0.2) is 45.9 Å². The van der Waals surface area contributed by atoms with E-state index in [0.717, 1.165) is 54.0 Å². The van der Waals surface area contributed by atoms with Crippen molar-refractivity contribution in [2.45, 2.75) is 45.6 Å². The van der Waals surface area contributed by atoms with Gasteiger partial charge in [-0.15, -0.1) is 0 Å². The summed E-state index contributed by atoms with van der Waals surface area (Å²) in [6, 6.07) is 32.9. The summed E-state index contributed by atoms with van der Waals surface area (Å²) in [5.74, 6) is -0.695. The van der Waals surface area contributed by atoms with E-state index < -0.39 is 5.97 Å². The van der Waals surface area contributed by atoms with Gasteiger partial charge in [-0.05, 0) is 92.6 Å².